The number of hydrogen-bond acceptors (Lipinski definition) is 5. The van der Waals surface area contributed by atoms with E-state index >= 15 is 0 Å². The molecule has 0 aliphatic heterocycles. The summed E-state index contributed by atoms with van der Waals surface area (Å²) in [4.78, 5) is 20.6. The van der Waals surface area contributed by atoms with E-state index in [4.69, 9.17) is 21.1 Å². The van der Waals surface area contributed by atoms with Gasteiger partial charge in [0.15, 0.2) is 0 Å². The summed E-state index contributed by atoms with van der Waals surface area (Å²) < 4.78 is 23.6. The predicted octanol–water partition coefficient (Wildman–Crippen LogP) is 4.92. The van der Waals surface area contributed by atoms with Gasteiger partial charge >= 0.3 is 5.97 Å². The van der Waals surface area contributed by atoms with Gasteiger partial charge in [-0.05, 0) is 49.2 Å². The lowest BCUT2D eigenvalue weighted by atomic mass is 10.0. The summed E-state index contributed by atoms with van der Waals surface area (Å²) in [5, 5.41) is 0.234. The molecule has 3 aromatic rings. The van der Waals surface area contributed by atoms with Crippen molar-refractivity contribution in [3.63, 3.8) is 0 Å². The van der Waals surface area contributed by atoms with Gasteiger partial charge in [0, 0.05) is 5.56 Å². The SMILES string of the molecule is COC(=O)c1ccc(C)c(-c2nc(C)nc(OCc3ccc(F)cc3)c2Cl)c1. The van der Waals surface area contributed by atoms with Crippen LogP contribution in [0, 0.1) is 19.7 Å². The molecular formula is C21H18ClFN2O3. The van der Waals surface area contributed by atoms with Gasteiger partial charge in [-0.15, -0.1) is 0 Å². The van der Waals surface area contributed by atoms with Crippen LogP contribution in [-0.2, 0) is 11.3 Å². The van der Waals surface area contributed by atoms with Gasteiger partial charge in [0.2, 0.25) is 5.88 Å². The zero-order chi connectivity index (χ0) is 20.3. The Bertz CT molecular complexity index is 1020. The Morgan fingerprint density at radius 1 is 1.11 bits per heavy atom. The number of esters is 1. The molecule has 2 aromatic carbocycles. The van der Waals surface area contributed by atoms with Crippen molar-refractivity contribution in [3.8, 4) is 17.1 Å². The summed E-state index contributed by atoms with van der Waals surface area (Å²) in [7, 11) is 1.32. The normalized spacial score (nSPS) is 10.6. The van der Waals surface area contributed by atoms with Crippen LogP contribution in [0.4, 0.5) is 4.39 Å². The Hall–Kier alpha value is -2.99. The average molecular weight is 401 g/mol. The minimum Gasteiger partial charge on any atom is -0.472 e. The summed E-state index contributed by atoms with van der Waals surface area (Å²) in [5.41, 5.74) is 3.21. The van der Waals surface area contributed by atoms with Gasteiger partial charge in [-0.1, -0.05) is 29.8 Å². The molecule has 0 unspecified atom stereocenters. The van der Waals surface area contributed by atoms with E-state index in [-0.39, 0.29) is 23.3 Å². The Labute approximate surface area is 167 Å². The summed E-state index contributed by atoms with van der Waals surface area (Å²) in [6.45, 7) is 3.80. The number of hydrogen-bond donors (Lipinski definition) is 0. The Morgan fingerprint density at radius 2 is 1.82 bits per heavy atom. The van der Waals surface area contributed by atoms with E-state index in [0.717, 1.165) is 11.1 Å². The highest BCUT2D eigenvalue weighted by Crippen LogP contribution is 2.35. The summed E-state index contributed by atoms with van der Waals surface area (Å²) in [6, 6.07) is 11.1. The molecule has 0 bridgehead atoms. The Balaban J connectivity index is 1.97. The standard InChI is InChI=1S/C21H18ClFN2O3/c1-12-4-7-15(21(26)27-3)10-17(12)19-18(22)20(25-13(2)24-19)28-11-14-5-8-16(23)9-6-14/h4-10H,11H2,1-3H3. The molecule has 0 atom stereocenters. The molecule has 1 heterocycles. The van der Waals surface area contributed by atoms with Gasteiger partial charge in [0.25, 0.3) is 0 Å². The first kappa shape index (κ1) is 19.8. The van der Waals surface area contributed by atoms with Crippen LogP contribution in [0.25, 0.3) is 11.3 Å². The molecule has 0 saturated heterocycles. The second kappa shape index (κ2) is 8.35. The van der Waals surface area contributed by atoms with E-state index in [1.54, 1.807) is 37.3 Å². The summed E-state index contributed by atoms with van der Waals surface area (Å²) >= 11 is 6.52. The highest BCUT2D eigenvalue weighted by molar-refractivity contribution is 6.34. The van der Waals surface area contributed by atoms with Crippen LogP contribution in [0.2, 0.25) is 5.02 Å². The van der Waals surface area contributed by atoms with Crippen molar-refractivity contribution in [3.05, 3.63) is 75.8 Å². The maximum atomic E-state index is 13.0. The largest absolute Gasteiger partial charge is 0.472 e. The molecule has 0 amide bonds. The highest BCUT2D eigenvalue weighted by atomic mass is 35.5. The van der Waals surface area contributed by atoms with Crippen molar-refractivity contribution in [1.82, 2.24) is 9.97 Å². The van der Waals surface area contributed by atoms with E-state index in [2.05, 4.69) is 9.97 Å². The molecule has 144 valence electrons. The number of halogens is 2. The van der Waals surface area contributed by atoms with Crippen molar-refractivity contribution >= 4 is 17.6 Å². The number of benzene rings is 2. The fourth-order valence-corrected chi connectivity index (χ4v) is 2.90. The minimum atomic E-state index is -0.448. The molecular weight excluding hydrogens is 383 g/mol. The fourth-order valence-electron chi connectivity index (χ4n) is 2.66. The van der Waals surface area contributed by atoms with Gasteiger partial charge in [-0.25, -0.2) is 14.2 Å². The van der Waals surface area contributed by atoms with Gasteiger partial charge in [-0.2, -0.15) is 4.98 Å². The molecule has 28 heavy (non-hydrogen) atoms. The second-order valence-electron chi connectivity index (χ2n) is 6.17. The zero-order valence-corrected chi connectivity index (χ0v) is 16.4. The van der Waals surface area contributed by atoms with Crippen LogP contribution in [0.3, 0.4) is 0 Å². The summed E-state index contributed by atoms with van der Waals surface area (Å²) in [6.07, 6.45) is 0. The fraction of sp³-hybridized carbons (Fsp3) is 0.190. The van der Waals surface area contributed by atoms with E-state index in [9.17, 15) is 9.18 Å². The Morgan fingerprint density at radius 3 is 2.50 bits per heavy atom. The lowest BCUT2D eigenvalue weighted by molar-refractivity contribution is 0.0601. The molecule has 0 aliphatic carbocycles. The van der Waals surface area contributed by atoms with Crippen molar-refractivity contribution in [1.29, 1.82) is 0 Å². The number of aryl methyl sites for hydroxylation is 2. The van der Waals surface area contributed by atoms with Gasteiger partial charge in [0.05, 0.1) is 18.4 Å². The molecule has 0 N–H and O–H groups in total. The number of methoxy groups -OCH3 is 1. The highest BCUT2D eigenvalue weighted by Gasteiger charge is 2.18. The van der Waals surface area contributed by atoms with Crippen LogP contribution < -0.4 is 4.74 Å². The van der Waals surface area contributed by atoms with E-state index in [1.807, 2.05) is 6.92 Å². The first-order chi connectivity index (χ1) is 13.4. The third-order valence-corrected chi connectivity index (χ3v) is 4.48. The van der Waals surface area contributed by atoms with Crippen molar-refractivity contribution in [2.24, 2.45) is 0 Å². The number of nitrogens with zero attached hydrogens (tertiary/aromatic N) is 2. The minimum absolute atomic E-state index is 0.178. The maximum absolute atomic E-state index is 13.0. The topological polar surface area (TPSA) is 61.3 Å². The van der Waals surface area contributed by atoms with Crippen LogP contribution in [0.15, 0.2) is 42.5 Å². The Kier molecular flexibility index (Phi) is 5.90. The molecule has 0 aliphatic rings. The monoisotopic (exact) mass is 400 g/mol. The third kappa shape index (κ3) is 4.28. The average Bonchev–Trinajstić information content (AvgIpc) is 2.69. The molecule has 0 radical (unpaired) electrons. The zero-order valence-electron chi connectivity index (χ0n) is 15.6. The number of aromatic nitrogens is 2. The molecule has 5 nitrogen and oxygen atoms in total. The molecule has 3 rings (SSSR count). The molecule has 1 aromatic heterocycles. The number of rotatable bonds is 5. The lowest BCUT2D eigenvalue weighted by Crippen LogP contribution is -2.04. The van der Waals surface area contributed by atoms with E-state index in [1.165, 1.54) is 19.2 Å². The van der Waals surface area contributed by atoms with Crippen molar-refractivity contribution in [2.75, 3.05) is 7.11 Å². The van der Waals surface area contributed by atoms with Crippen LogP contribution in [0.5, 0.6) is 5.88 Å². The van der Waals surface area contributed by atoms with E-state index in [0.29, 0.717) is 22.6 Å². The van der Waals surface area contributed by atoms with Gasteiger partial charge in [0.1, 0.15) is 23.3 Å². The second-order valence-corrected chi connectivity index (χ2v) is 6.55. The van der Waals surface area contributed by atoms with Crippen LogP contribution in [-0.4, -0.2) is 23.0 Å². The lowest BCUT2D eigenvalue weighted by Gasteiger charge is -2.13. The predicted molar refractivity (Wildman–Crippen MR) is 104 cm³/mol. The quantitative estimate of drug-likeness (QED) is 0.569. The number of ether oxygens (including phenoxy) is 2. The van der Waals surface area contributed by atoms with E-state index < -0.39 is 5.97 Å². The molecule has 0 fully saturated rings. The maximum Gasteiger partial charge on any atom is 0.337 e. The van der Waals surface area contributed by atoms with Crippen LogP contribution >= 0.6 is 11.6 Å². The number of carbonyl (C=O) groups is 1. The van der Waals surface area contributed by atoms with Gasteiger partial charge in [-0.3, -0.25) is 0 Å². The van der Waals surface area contributed by atoms with Crippen molar-refractivity contribution < 1.29 is 18.7 Å². The third-order valence-electron chi connectivity index (χ3n) is 4.14. The first-order valence-corrected chi connectivity index (χ1v) is 8.87. The molecule has 0 saturated carbocycles. The summed E-state index contributed by atoms with van der Waals surface area (Å²) in [5.74, 6) is -0.0772. The number of carbonyl (C=O) groups excluding carboxylic acids is 1. The smallest absolute Gasteiger partial charge is 0.337 e. The van der Waals surface area contributed by atoms with Crippen molar-refractivity contribution in [2.45, 2.75) is 20.5 Å². The van der Waals surface area contributed by atoms with Gasteiger partial charge < -0.3 is 9.47 Å². The molecule has 0 spiro atoms. The first-order valence-electron chi connectivity index (χ1n) is 8.49. The molecule has 7 heteroatoms. The van der Waals surface area contributed by atoms with Crippen LogP contribution in [0.1, 0.15) is 27.3 Å².